The van der Waals surface area contributed by atoms with Crippen molar-refractivity contribution in [2.45, 2.75) is 5.54 Å². The van der Waals surface area contributed by atoms with E-state index in [1.165, 1.54) is 4.90 Å². The van der Waals surface area contributed by atoms with Crippen LogP contribution in [0.3, 0.4) is 0 Å². The van der Waals surface area contributed by atoms with Crippen molar-refractivity contribution in [3.63, 3.8) is 0 Å². The number of aliphatic imine (C=N–C) groups is 1. The SMILES string of the molecule is COc1cncc(-c2ccc3c(c2)C2(N=C(N)N(C)C2=O)c2ccncc2O3)c1. The van der Waals surface area contributed by atoms with Crippen molar-refractivity contribution in [1.29, 1.82) is 0 Å². The first kappa shape index (κ1) is 17.2. The summed E-state index contributed by atoms with van der Waals surface area (Å²) in [5.41, 5.74) is 7.66. The van der Waals surface area contributed by atoms with E-state index in [9.17, 15) is 4.79 Å². The number of rotatable bonds is 2. The van der Waals surface area contributed by atoms with Crippen molar-refractivity contribution in [3.05, 3.63) is 66.2 Å². The maximum absolute atomic E-state index is 13.4. The number of guanidine groups is 1. The van der Waals surface area contributed by atoms with Crippen LogP contribution in [0.4, 0.5) is 0 Å². The Kier molecular flexibility index (Phi) is 3.57. The van der Waals surface area contributed by atoms with E-state index in [0.717, 1.165) is 11.1 Å². The minimum absolute atomic E-state index is 0.152. The molecule has 2 aliphatic heterocycles. The van der Waals surface area contributed by atoms with E-state index in [1.54, 1.807) is 45.0 Å². The third kappa shape index (κ3) is 2.32. The molecule has 4 heterocycles. The molecule has 0 saturated heterocycles. The zero-order valence-electron chi connectivity index (χ0n) is 15.8. The highest BCUT2D eigenvalue weighted by Crippen LogP contribution is 2.52. The van der Waals surface area contributed by atoms with Crippen LogP contribution in [-0.4, -0.2) is 40.9 Å². The van der Waals surface area contributed by atoms with Crippen molar-refractivity contribution in [3.8, 4) is 28.4 Å². The number of aromatic nitrogens is 2. The highest BCUT2D eigenvalue weighted by Gasteiger charge is 2.54. The second-order valence-electron chi connectivity index (χ2n) is 6.84. The molecule has 8 nitrogen and oxygen atoms in total. The third-order valence-corrected chi connectivity index (χ3v) is 5.29. The van der Waals surface area contributed by atoms with Gasteiger partial charge in [0.05, 0.1) is 19.5 Å². The Morgan fingerprint density at radius 3 is 2.66 bits per heavy atom. The average molecular weight is 387 g/mol. The maximum Gasteiger partial charge on any atom is 0.266 e. The summed E-state index contributed by atoms with van der Waals surface area (Å²) >= 11 is 0. The lowest BCUT2D eigenvalue weighted by Crippen LogP contribution is -2.42. The Bertz CT molecular complexity index is 1190. The highest BCUT2D eigenvalue weighted by atomic mass is 16.5. The van der Waals surface area contributed by atoms with Crippen LogP contribution in [0.1, 0.15) is 11.1 Å². The number of carbonyl (C=O) groups excluding carboxylic acids is 1. The fourth-order valence-corrected chi connectivity index (χ4v) is 3.79. The average Bonchev–Trinajstić information content (AvgIpc) is 2.98. The molecule has 29 heavy (non-hydrogen) atoms. The summed E-state index contributed by atoms with van der Waals surface area (Å²) in [5, 5.41) is 0. The molecule has 144 valence electrons. The predicted octanol–water partition coefficient (Wildman–Crippen LogP) is 2.29. The Balaban J connectivity index is 1.77. The van der Waals surface area contributed by atoms with E-state index in [0.29, 0.717) is 28.4 Å². The van der Waals surface area contributed by atoms with Crippen molar-refractivity contribution >= 4 is 11.9 Å². The van der Waals surface area contributed by atoms with Gasteiger partial charge in [-0.2, -0.15) is 0 Å². The monoisotopic (exact) mass is 387 g/mol. The Hall–Kier alpha value is -3.94. The number of fused-ring (bicyclic) bond motifs is 4. The zero-order valence-corrected chi connectivity index (χ0v) is 15.8. The minimum atomic E-state index is -1.31. The van der Waals surface area contributed by atoms with Crippen molar-refractivity contribution in [2.24, 2.45) is 10.7 Å². The molecule has 1 spiro atoms. The summed E-state index contributed by atoms with van der Waals surface area (Å²) in [6, 6.07) is 9.23. The number of ether oxygens (including phenoxy) is 2. The molecule has 3 aromatic rings. The number of pyridine rings is 2. The quantitative estimate of drug-likeness (QED) is 0.724. The van der Waals surface area contributed by atoms with Crippen molar-refractivity contribution in [1.82, 2.24) is 14.9 Å². The summed E-state index contributed by atoms with van der Waals surface area (Å²) in [6.45, 7) is 0. The topological polar surface area (TPSA) is 103 Å². The molecule has 0 bridgehead atoms. The number of amides is 1. The smallest absolute Gasteiger partial charge is 0.266 e. The van der Waals surface area contributed by atoms with Crippen LogP contribution in [-0.2, 0) is 10.3 Å². The molecule has 1 unspecified atom stereocenters. The highest BCUT2D eigenvalue weighted by molar-refractivity contribution is 6.10. The van der Waals surface area contributed by atoms with Gasteiger partial charge in [-0.1, -0.05) is 6.07 Å². The van der Waals surface area contributed by atoms with Gasteiger partial charge >= 0.3 is 0 Å². The molecule has 1 amide bonds. The lowest BCUT2D eigenvalue weighted by Gasteiger charge is -2.33. The van der Waals surface area contributed by atoms with Gasteiger partial charge in [0.25, 0.3) is 5.91 Å². The van der Waals surface area contributed by atoms with Gasteiger partial charge in [0.2, 0.25) is 5.54 Å². The number of nitrogens with two attached hydrogens (primary N) is 1. The molecule has 0 radical (unpaired) electrons. The molecule has 0 fully saturated rings. The number of nitrogens with zero attached hydrogens (tertiary/aromatic N) is 4. The van der Waals surface area contributed by atoms with E-state index in [4.69, 9.17) is 15.2 Å². The first-order chi connectivity index (χ1) is 14.0. The summed E-state index contributed by atoms with van der Waals surface area (Å²) in [5.74, 6) is 1.56. The molecule has 5 rings (SSSR count). The van der Waals surface area contributed by atoms with Gasteiger partial charge in [-0.05, 0) is 29.8 Å². The van der Waals surface area contributed by atoms with Gasteiger partial charge in [0.15, 0.2) is 11.7 Å². The lowest BCUT2D eigenvalue weighted by molar-refractivity contribution is -0.129. The second-order valence-corrected chi connectivity index (χ2v) is 6.84. The summed E-state index contributed by atoms with van der Waals surface area (Å²) in [6.07, 6.45) is 6.56. The Morgan fingerprint density at radius 2 is 1.90 bits per heavy atom. The van der Waals surface area contributed by atoms with Crippen LogP contribution < -0.4 is 15.2 Å². The van der Waals surface area contributed by atoms with Crippen LogP contribution >= 0.6 is 0 Å². The van der Waals surface area contributed by atoms with Crippen LogP contribution in [0, 0.1) is 0 Å². The molecule has 2 N–H and O–H groups in total. The molecule has 8 heteroatoms. The Morgan fingerprint density at radius 1 is 1.03 bits per heavy atom. The molecule has 0 aliphatic carbocycles. The number of hydrogen-bond donors (Lipinski definition) is 1. The first-order valence-corrected chi connectivity index (χ1v) is 8.94. The van der Waals surface area contributed by atoms with Gasteiger partial charge in [0.1, 0.15) is 11.5 Å². The van der Waals surface area contributed by atoms with E-state index in [-0.39, 0.29) is 11.9 Å². The fraction of sp³-hybridized carbons (Fsp3) is 0.143. The third-order valence-electron chi connectivity index (χ3n) is 5.29. The first-order valence-electron chi connectivity index (χ1n) is 8.94. The molecule has 2 aromatic heterocycles. The number of carbonyl (C=O) groups is 1. The number of likely N-dealkylation sites (N-methyl/N-ethyl adjacent to an activating group) is 1. The lowest BCUT2D eigenvalue weighted by atomic mass is 9.79. The standard InChI is InChI=1S/C21H17N5O3/c1-26-19(27)21(25-20(26)22)15-5-6-23-11-18(15)29-17-4-3-12(8-16(17)21)13-7-14(28-2)10-24-9-13/h3-11H,1-2H3,(H2,22,25). The van der Waals surface area contributed by atoms with Gasteiger partial charge in [-0.3, -0.25) is 19.7 Å². The fourth-order valence-electron chi connectivity index (χ4n) is 3.79. The molecule has 2 aliphatic rings. The van der Waals surface area contributed by atoms with Crippen LogP contribution in [0.2, 0.25) is 0 Å². The number of methoxy groups -OCH3 is 1. The van der Waals surface area contributed by atoms with Crippen LogP contribution in [0.15, 0.2) is 60.1 Å². The molecule has 1 aromatic carbocycles. The van der Waals surface area contributed by atoms with Gasteiger partial charge in [-0.15, -0.1) is 0 Å². The minimum Gasteiger partial charge on any atom is -0.495 e. The van der Waals surface area contributed by atoms with E-state index >= 15 is 0 Å². The molecule has 0 saturated carbocycles. The van der Waals surface area contributed by atoms with E-state index < -0.39 is 5.54 Å². The normalized spacial score (nSPS) is 19.4. The van der Waals surface area contributed by atoms with E-state index in [1.807, 2.05) is 24.3 Å². The second kappa shape index (κ2) is 6.03. The molecular formula is C21H17N5O3. The maximum atomic E-state index is 13.4. The summed E-state index contributed by atoms with van der Waals surface area (Å²) in [7, 11) is 3.20. The molecule has 1 atom stereocenters. The summed E-state index contributed by atoms with van der Waals surface area (Å²) < 4.78 is 11.3. The van der Waals surface area contributed by atoms with Gasteiger partial charge in [0, 0.05) is 36.1 Å². The molecular weight excluding hydrogens is 370 g/mol. The van der Waals surface area contributed by atoms with Gasteiger partial charge < -0.3 is 15.2 Å². The van der Waals surface area contributed by atoms with Crippen LogP contribution in [0.25, 0.3) is 11.1 Å². The predicted molar refractivity (Wildman–Crippen MR) is 106 cm³/mol. The van der Waals surface area contributed by atoms with Crippen molar-refractivity contribution < 1.29 is 14.3 Å². The van der Waals surface area contributed by atoms with E-state index in [2.05, 4.69) is 15.0 Å². The summed E-state index contributed by atoms with van der Waals surface area (Å²) in [4.78, 5) is 27.7. The number of hydrogen-bond acceptors (Lipinski definition) is 7. The van der Waals surface area contributed by atoms with Crippen LogP contribution in [0.5, 0.6) is 17.2 Å². The van der Waals surface area contributed by atoms with Crippen molar-refractivity contribution in [2.75, 3.05) is 14.2 Å². The number of benzene rings is 1. The largest absolute Gasteiger partial charge is 0.495 e. The Labute approximate surface area is 166 Å². The van der Waals surface area contributed by atoms with Gasteiger partial charge in [-0.25, -0.2) is 4.99 Å². The zero-order chi connectivity index (χ0) is 20.2.